The fraction of sp³-hybridized carbons (Fsp3) is 0.600. The summed E-state index contributed by atoms with van der Waals surface area (Å²) in [5.41, 5.74) is 6.68. The Hall–Kier alpha value is -1.76. The number of imidazole rings is 1. The Morgan fingerprint density at radius 3 is 3.03 bits per heavy atom. The van der Waals surface area contributed by atoms with E-state index in [1.165, 1.54) is 18.1 Å². The first-order valence-electron chi connectivity index (χ1n) is 8.87. The predicted molar refractivity (Wildman–Crippen MR) is 101 cm³/mol. The summed E-state index contributed by atoms with van der Waals surface area (Å²) < 4.78 is 35.3. The van der Waals surface area contributed by atoms with Crippen LogP contribution in [0.5, 0.6) is 0 Å². The van der Waals surface area contributed by atoms with Gasteiger partial charge < -0.3 is 20.1 Å². The van der Waals surface area contributed by atoms with Gasteiger partial charge in [0.15, 0.2) is 34.5 Å². The summed E-state index contributed by atoms with van der Waals surface area (Å²) in [7, 11) is -4.28. The van der Waals surface area contributed by atoms with Crippen molar-refractivity contribution in [3.05, 3.63) is 6.33 Å². The van der Waals surface area contributed by atoms with Crippen LogP contribution in [0.2, 0.25) is 0 Å². The highest BCUT2D eigenvalue weighted by molar-refractivity contribution is 7.98. The molecule has 0 spiro atoms. The number of nitrogens with two attached hydrogens (primary N) is 1. The maximum atomic E-state index is 12.3. The highest BCUT2D eigenvalue weighted by Crippen LogP contribution is 2.53. The molecule has 2 aliphatic rings. The zero-order valence-corrected chi connectivity index (χ0v) is 17.3. The number of nitrogens with zero attached hydrogens (tertiary/aromatic N) is 4. The molecule has 2 fully saturated rings. The van der Waals surface area contributed by atoms with Crippen molar-refractivity contribution in [2.45, 2.75) is 49.5 Å². The van der Waals surface area contributed by atoms with E-state index < -0.39 is 38.3 Å². The number of thioether (sulfide) groups is 1. The van der Waals surface area contributed by atoms with Crippen molar-refractivity contribution in [3.8, 4) is 0 Å². The molecule has 0 aromatic carbocycles. The van der Waals surface area contributed by atoms with Gasteiger partial charge in [0.05, 0.1) is 6.61 Å². The first-order chi connectivity index (χ1) is 13.8. The maximum Gasteiger partial charge on any atom is 0.472 e. The summed E-state index contributed by atoms with van der Waals surface area (Å²) in [6.45, 7) is 1.66. The molecule has 14 heteroatoms. The van der Waals surface area contributed by atoms with Crippen LogP contribution in [0.4, 0.5) is 5.82 Å². The van der Waals surface area contributed by atoms with Crippen LogP contribution in [0.25, 0.3) is 11.2 Å². The molecule has 12 nitrogen and oxygen atoms in total. The smallest absolute Gasteiger partial charge is 0.455 e. The number of ether oxygens (including phenoxy) is 2. The van der Waals surface area contributed by atoms with Gasteiger partial charge in [-0.15, -0.1) is 0 Å². The average Bonchev–Trinajstić information content (AvgIpc) is 3.20. The monoisotopic (exact) mass is 445 g/mol. The van der Waals surface area contributed by atoms with Crippen molar-refractivity contribution < 1.29 is 32.8 Å². The van der Waals surface area contributed by atoms with Crippen LogP contribution in [-0.2, 0) is 27.9 Å². The fourth-order valence-corrected chi connectivity index (χ4v) is 4.88. The molecule has 1 unspecified atom stereocenters. The van der Waals surface area contributed by atoms with Gasteiger partial charge in [-0.3, -0.25) is 18.4 Å². The molecule has 2 saturated heterocycles. The largest absolute Gasteiger partial charge is 0.472 e. The summed E-state index contributed by atoms with van der Waals surface area (Å²) in [5, 5.41) is 0.500. The second kappa shape index (κ2) is 7.82. The molecule has 4 heterocycles. The molecule has 2 aromatic rings. The highest BCUT2D eigenvalue weighted by atomic mass is 32.2. The van der Waals surface area contributed by atoms with Crippen LogP contribution in [0, 0.1) is 0 Å². The Kier molecular flexibility index (Phi) is 5.53. The Labute approximate surface area is 169 Å². The summed E-state index contributed by atoms with van der Waals surface area (Å²) in [6.07, 6.45) is 0.239. The first kappa shape index (κ1) is 20.5. The molecular formula is C15H20N5O7PS. The summed E-state index contributed by atoms with van der Waals surface area (Å²) in [5.74, 6) is -0.280. The van der Waals surface area contributed by atoms with E-state index in [4.69, 9.17) is 24.3 Å². The van der Waals surface area contributed by atoms with Gasteiger partial charge in [0.1, 0.15) is 18.5 Å². The van der Waals surface area contributed by atoms with Crippen LogP contribution in [0.3, 0.4) is 0 Å². The second-order valence-corrected chi connectivity index (χ2v) is 8.68. The maximum absolute atomic E-state index is 12.3. The summed E-state index contributed by atoms with van der Waals surface area (Å²) in [6, 6.07) is 0. The second-order valence-electron chi connectivity index (χ2n) is 6.50. The van der Waals surface area contributed by atoms with Gasteiger partial charge in [-0.1, -0.05) is 18.7 Å². The number of hydrogen-bond acceptors (Lipinski definition) is 11. The lowest BCUT2D eigenvalue weighted by Crippen LogP contribution is -2.41. The molecule has 0 amide bonds. The number of phosphoric acid groups is 1. The fourth-order valence-electron chi connectivity index (χ4n) is 3.35. The third kappa shape index (κ3) is 3.74. The molecule has 158 valence electrons. The summed E-state index contributed by atoms with van der Waals surface area (Å²) >= 11 is 1.31. The highest BCUT2D eigenvalue weighted by Gasteiger charge is 2.55. The molecule has 2 aromatic heterocycles. The number of fused-ring (bicyclic) bond motifs is 2. The number of anilines is 1. The molecule has 0 radical (unpaired) electrons. The first-order valence-corrected chi connectivity index (χ1v) is 11.6. The number of hydrogen-bond donors (Lipinski definition) is 2. The minimum absolute atomic E-state index is 0.184. The van der Waals surface area contributed by atoms with Crippen molar-refractivity contribution in [2.75, 3.05) is 18.6 Å². The van der Waals surface area contributed by atoms with Crippen LogP contribution in [-0.4, -0.2) is 61.6 Å². The number of nitrogen functional groups attached to an aromatic ring is 1. The zero-order chi connectivity index (χ0) is 20.8. The van der Waals surface area contributed by atoms with Crippen LogP contribution in [0.1, 0.15) is 26.0 Å². The van der Waals surface area contributed by atoms with E-state index in [1.54, 1.807) is 4.57 Å². The van der Waals surface area contributed by atoms with E-state index in [9.17, 15) is 14.3 Å². The molecule has 0 bridgehead atoms. The van der Waals surface area contributed by atoms with Crippen molar-refractivity contribution in [1.29, 1.82) is 0 Å². The lowest BCUT2D eigenvalue weighted by molar-refractivity contribution is -0.158. The van der Waals surface area contributed by atoms with Crippen molar-refractivity contribution in [2.24, 2.45) is 0 Å². The van der Waals surface area contributed by atoms with Gasteiger partial charge >= 0.3 is 13.8 Å². The number of aromatic nitrogens is 4. The number of carbonyl (C=O) groups excluding carboxylic acids is 1. The Morgan fingerprint density at radius 2 is 2.31 bits per heavy atom. The molecular weight excluding hydrogens is 425 g/mol. The van der Waals surface area contributed by atoms with Gasteiger partial charge in [-0.05, 0) is 12.7 Å². The topological polar surface area (TPSA) is 161 Å². The van der Waals surface area contributed by atoms with Crippen LogP contribution >= 0.6 is 19.6 Å². The normalized spacial score (nSPS) is 31.7. The Balaban J connectivity index is 1.79. The third-order valence-electron chi connectivity index (χ3n) is 4.57. The number of esters is 1. The van der Waals surface area contributed by atoms with Crippen LogP contribution in [0.15, 0.2) is 11.5 Å². The molecule has 0 aliphatic carbocycles. The lowest BCUT2D eigenvalue weighted by atomic mass is 10.1. The third-order valence-corrected chi connectivity index (χ3v) is 6.21. The minimum Gasteiger partial charge on any atom is -0.455 e. The number of rotatable bonds is 5. The van der Waals surface area contributed by atoms with Gasteiger partial charge in [0.2, 0.25) is 0 Å². The SMILES string of the molecule is CCCC(=O)O[C@@H]1[C@@H]2OP(=O)(O)OC[C@H]2O[C@H]1n1c(SC)nc2c(N)ncnc21. The lowest BCUT2D eigenvalue weighted by Gasteiger charge is -2.29. The Bertz CT molecular complexity index is 987. The van der Waals surface area contributed by atoms with Gasteiger partial charge in [-0.2, -0.15) is 0 Å². The van der Waals surface area contributed by atoms with E-state index in [1.807, 2.05) is 13.2 Å². The van der Waals surface area contributed by atoms with Crippen LogP contribution < -0.4 is 5.73 Å². The van der Waals surface area contributed by atoms with Crippen molar-refractivity contribution in [3.63, 3.8) is 0 Å². The van der Waals surface area contributed by atoms with Crippen molar-refractivity contribution in [1.82, 2.24) is 19.5 Å². The van der Waals surface area contributed by atoms with Gasteiger partial charge in [0.25, 0.3) is 0 Å². The van der Waals surface area contributed by atoms with Gasteiger partial charge in [0, 0.05) is 6.42 Å². The number of phosphoric ester groups is 1. The molecule has 29 heavy (non-hydrogen) atoms. The molecule has 5 atom stereocenters. The van der Waals surface area contributed by atoms with Crippen molar-refractivity contribution >= 4 is 42.5 Å². The van der Waals surface area contributed by atoms with E-state index in [2.05, 4.69) is 15.0 Å². The molecule has 2 aliphatic heterocycles. The Morgan fingerprint density at radius 1 is 1.52 bits per heavy atom. The molecule has 3 N–H and O–H groups in total. The number of carbonyl (C=O) groups is 1. The van der Waals surface area contributed by atoms with E-state index in [0.717, 1.165) is 0 Å². The predicted octanol–water partition coefficient (Wildman–Crippen LogP) is 1.26. The average molecular weight is 445 g/mol. The van der Waals surface area contributed by atoms with E-state index >= 15 is 0 Å². The minimum atomic E-state index is -4.28. The van der Waals surface area contributed by atoms with E-state index in [0.29, 0.717) is 22.7 Å². The molecule has 0 saturated carbocycles. The summed E-state index contributed by atoms with van der Waals surface area (Å²) in [4.78, 5) is 34.7. The van der Waals surface area contributed by atoms with E-state index in [-0.39, 0.29) is 18.8 Å². The standard InChI is InChI=1S/C15H20N5O7PS/c1-3-4-8(21)26-11-10-7(5-24-28(22,23)27-10)25-14(11)20-13-9(19-15(20)29-2)12(16)17-6-18-13/h6-7,10-11,14H,3-5H2,1-2H3,(H,22,23)(H2,16,17,18)/t7-,10-,11-,14-/m1/s1. The zero-order valence-electron chi connectivity index (χ0n) is 15.6. The quantitative estimate of drug-likeness (QED) is 0.386. The van der Waals surface area contributed by atoms with Gasteiger partial charge in [-0.25, -0.2) is 19.5 Å². The molecule has 4 rings (SSSR count).